The molecule has 0 spiro atoms. The van der Waals surface area contributed by atoms with Gasteiger partial charge in [-0.3, -0.25) is 9.59 Å². The SMILES string of the molecule is O=C(/C=C/c1ccccc1)NCC(=O)Nc1nc(-c2ccccc2)cs1. The van der Waals surface area contributed by atoms with Crippen molar-refractivity contribution in [2.75, 3.05) is 11.9 Å². The van der Waals surface area contributed by atoms with Gasteiger partial charge in [0.15, 0.2) is 5.13 Å². The first-order valence-electron chi connectivity index (χ1n) is 8.02. The molecule has 0 atom stereocenters. The van der Waals surface area contributed by atoms with Gasteiger partial charge in [-0.1, -0.05) is 60.7 Å². The van der Waals surface area contributed by atoms with E-state index in [0.29, 0.717) is 5.13 Å². The number of rotatable bonds is 6. The highest BCUT2D eigenvalue weighted by Gasteiger charge is 2.08. The number of anilines is 1. The topological polar surface area (TPSA) is 71.1 Å². The first-order valence-corrected chi connectivity index (χ1v) is 8.90. The van der Waals surface area contributed by atoms with Crippen LogP contribution in [0.5, 0.6) is 0 Å². The van der Waals surface area contributed by atoms with E-state index in [2.05, 4.69) is 15.6 Å². The number of carbonyl (C=O) groups excluding carboxylic acids is 2. The van der Waals surface area contributed by atoms with Crippen molar-refractivity contribution in [3.8, 4) is 11.3 Å². The molecule has 3 rings (SSSR count). The van der Waals surface area contributed by atoms with Gasteiger partial charge in [0.05, 0.1) is 12.2 Å². The standard InChI is InChI=1S/C20H17N3O2S/c24-18(12-11-15-7-3-1-4-8-15)21-13-19(25)23-20-22-17(14-26-20)16-9-5-2-6-10-16/h1-12,14H,13H2,(H,21,24)(H,22,23,25)/b12-11+. The second-order valence-corrected chi connectivity index (χ2v) is 6.27. The summed E-state index contributed by atoms with van der Waals surface area (Å²) in [6.07, 6.45) is 3.10. The second kappa shape index (κ2) is 8.73. The quantitative estimate of drug-likeness (QED) is 0.658. The van der Waals surface area contributed by atoms with Crippen LogP contribution in [-0.2, 0) is 9.59 Å². The van der Waals surface area contributed by atoms with Gasteiger partial charge in [0.2, 0.25) is 11.8 Å². The van der Waals surface area contributed by atoms with Gasteiger partial charge < -0.3 is 10.6 Å². The number of aromatic nitrogens is 1. The maximum absolute atomic E-state index is 12.0. The van der Waals surface area contributed by atoms with Crippen molar-refractivity contribution in [1.29, 1.82) is 0 Å². The minimum Gasteiger partial charge on any atom is -0.343 e. The molecule has 6 heteroatoms. The average Bonchev–Trinajstić information content (AvgIpc) is 3.15. The van der Waals surface area contributed by atoms with Gasteiger partial charge in [-0.2, -0.15) is 0 Å². The van der Waals surface area contributed by atoms with Crippen LogP contribution in [0.2, 0.25) is 0 Å². The summed E-state index contributed by atoms with van der Waals surface area (Å²) in [4.78, 5) is 28.1. The third kappa shape index (κ3) is 5.12. The molecule has 5 nitrogen and oxygen atoms in total. The molecular formula is C20H17N3O2S. The first kappa shape index (κ1) is 17.6. The van der Waals surface area contributed by atoms with Crippen molar-refractivity contribution in [3.63, 3.8) is 0 Å². The van der Waals surface area contributed by atoms with Gasteiger partial charge in [0.1, 0.15) is 0 Å². The number of benzene rings is 2. The summed E-state index contributed by atoms with van der Waals surface area (Å²) in [5.74, 6) is -0.645. The van der Waals surface area contributed by atoms with Crippen LogP contribution >= 0.6 is 11.3 Å². The Kier molecular flexibility index (Phi) is 5.90. The van der Waals surface area contributed by atoms with Gasteiger partial charge in [-0.15, -0.1) is 11.3 Å². The van der Waals surface area contributed by atoms with Crippen LogP contribution < -0.4 is 10.6 Å². The summed E-state index contributed by atoms with van der Waals surface area (Å²) in [5, 5.41) is 7.63. The van der Waals surface area contributed by atoms with Crippen LogP contribution in [0.3, 0.4) is 0 Å². The van der Waals surface area contributed by atoms with E-state index in [9.17, 15) is 9.59 Å². The van der Waals surface area contributed by atoms with Crippen LogP contribution in [-0.4, -0.2) is 23.3 Å². The normalized spacial score (nSPS) is 10.6. The molecular weight excluding hydrogens is 346 g/mol. The highest BCUT2D eigenvalue weighted by Crippen LogP contribution is 2.24. The molecule has 130 valence electrons. The number of nitrogens with one attached hydrogen (secondary N) is 2. The highest BCUT2D eigenvalue weighted by molar-refractivity contribution is 7.14. The fourth-order valence-electron chi connectivity index (χ4n) is 2.20. The molecule has 0 bridgehead atoms. The van der Waals surface area contributed by atoms with Crippen molar-refractivity contribution in [2.45, 2.75) is 0 Å². The second-order valence-electron chi connectivity index (χ2n) is 5.41. The van der Waals surface area contributed by atoms with E-state index >= 15 is 0 Å². The summed E-state index contributed by atoms with van der Waals surface area (Å²) < 4.78 is 0. The molecule has 3 aromatic rings. The summed E-state index contributed by atoms with van der Waals surface area (Å²) in [6, 6.07) is 19.2. The molecule has 0 aliphatic carbocycles. The third-order valence-corrected chi connectivity index (χ3v) is 4.23. The average molecular weight is 363 g/mol. The zero-order valence-corrected chi connectivity index (χ0v) is 14.7. The van der Waals surface area contributed by atoms with Gasteiger partial charge in [0, 0.05) is 17.0 Å². The fourth-order valence-corrected chi connectivity index (χ4v) is 2.93. The first-order chi connectivity index (χ1) is 12.7. The molecule has 1 heterocycles. The Labute approximate surface area is 155 Å². The lowest BCUT2D eigenvalue weighted by Gasteiger charge is -2.02. The molecule has 0 radical (unpaired) electrons. The Balaban J connectivity index is 1.48. The number of nitrogens with zero attached hydrogens (tertiary/aromatic N) is 1. The van der Waals surface area contributed by atoms with Crippen LogP contribution in [0, 0.1) is 0 Å². The Hall–Kier alpha value is -3.25. The predicted octanol–water partition coefficient (Wildman–Crippen LogP) is 3.58. The summed E-state index contributed by atoms with van der Waals surface area (Å²) in [5.41, 5.74) is 2.72. The van der Waals surface area contributed by atoms with Crippen molar-refractivity contribution >= 4 is 34.4 Å². The third-order valence-electron chi connectivity index (χ3n) is 3.47. The smallest absolute Gasteiger partial charge is 0.245 e. The molecule has 2 aromatic carbocycles. The number of hydrogen-bond acceptors (Lipinski definition) is 4. The molecule has 1 aromatic heterocycles. The summed E-state index contributed by atoms with van der Waals surface area (Å²) >= 11 is 1.34. The van der Waals surface area contributed by atoms with Crippen LogP contribution in [0.4, 0.5) is 5.13 Å². The lowest BCUT2D eigenvalue weighted by molar-refractivity contribution is -0.121. The van der Waals surface area contributed by atoms with Gasteiger partial charge >= 0.3 is 0 Å². The van der Waals surface area contributed by atoms with Crippen LogP contribution in [0.15, 0.2) is 72.1 Å². The fraction of sp³-hybridized carbons (Fsp3) is 0.0500. The summed E-state index contributed by atoms with van der Waals surface area (Å²) in [7, 11) is 0. The van der Waals surface area contributed by atoms with Crippen molar-refractivity contribution < 1.29 is 9.59 Å². The molecule has 2 amide bonds. The summed E-state index contributed by atoms with van der Waals surface area (Å²) in [6.45, 7) is -0.113. The van der Waals surface area contributed by atoms with Gasteiger partial charge in [-0.05, 0) is 11.6 Å². The highest BCUT2D eigenvalue weighted by atomic mass is 32.1. The Morgan fingerprint density at radius 1 is 1.00 bits per heavy atom. The van der Waals surface area contributed by atoms with E-state index in [1.54, 1.807) is 6.08 Å². The molecule has 0 aliphatic heterocycles. The van der Waals surface area contributed by atoms with Crippen LogP contribution in [0.25, 0.3) is 17.3 Å². The number of hydrogen-bond donors (Lipinski definition) is 2. The van der Waals surface area contributed by atoms with E-state index in [1.165, 1.54) is 17.4 Å². The van der Waals surface area contributed by atoms with Gasteiger partial charge in [-0.25, -0.2) is 4.98 Å². The van der Waals surface area contributed by atoms with Gasteiger partial charge in [0.25, 0.3) is 0 Å². The minimum absolute atomic E-state index is 0.113. The zero-order chi connectivity index (χ0) is 18.2. The molecule has 2 N–H and O–H groups in total. The zero-order valence-electron chi connectivity index (χ0n) is 13.9. The van der Waals surface area contributed by atoms with E-state index in [0.717, 1.165) is 16.8 Å². The number of amides is 2. The molecule has 0 saturated heterocycles. The van der Waals surface area contributed by atoms with Crippen LogP contribution in [0.1, 0.15) is 5.56 Å². The molecule has 0 unspecified atom stereocenters. The largest absolute Gasteiger partial charge is 0.343 e. The van der Waals surface area contributed by atoms with Crippen molar-refractivity contribution in [2.24, 2.45) is 0 Å². The lowest BCUT2D eigenvalue weighted by atomic mass is 10.2. The molecule has 0 aliphatic rings. The molecule has 0 saturated carbocycles. The Morgan fingerprint density at radius 2 is 1.69 bits per heavy atom. The van der Waals surface area contributed by atoms with Crippen molar-refractivity contribution in [1.82, 2.24) is 10.3 Å². The lowest BCUT2D eigenvalue weighted by Crippen LogP contribution is -2.31. The van der Waals surface area contributed by atoms with E-state index in [1.807, 2.05) is 66.0 Å². The monoisotopic (exact) mass is 363 g/mol. The predicted molar refractivity (Wildman–Crippen MR) is 105 cm³/mol. The minimum atomic E-state index is -0.326. The Morgan fingerprint density at radius 3 is 2.42 bits per heavy atom. The Bertz CT molecular complexity index is 905. The number of thiazole rings is 1. The maximum Gasteiger partial charge on any atom is 0.245 e. The molecule has 26 heavy (non-hydrogen) atoms. The van der Waals surface area contributed by atoms with Crippen molar-refractivity contribution in [3.05, 3.63) is 77.7 Å². The van der Waals surface area contributed by atoms with E-state index < -0.39 is 0 Å². The maximum atomic E-state index is 12.0. The molecule has 0 fully saturated rings. The van der Waals surface area contributed by atoms with E-state index in [-0.39, 0.29) is 18.4 Å². The number of carbonyl (C=O) groups is 2. The van der Waals surface area contributed by atoms with E-state index in [4.69, 9.17) is 0 Å².